The molecular formula is C16H14N2O4. The lowest BCUT2D eigenvalue weighted by Gasteiger charge is -2.08. The number of pyridine rings is 1. The fourth-order valence-electron chi connectivity index (χ4n) is 2.32. The van der Waals surface area contributed by atoms with Crippen molar-refractivity contribution in [3.05, 3.63) is 48.3 Å². The zero-order valence-electron chi connectivity index (χ0n) is 12.1. The summed E-state index contributed by atoms with van der Waals surface area (Å²) in [6.07, 6.45) is 3.53. The van der Waals surface area contributed by atoms with Gasteiger partial charge in [-0.25, -0.2) is 9.78 Å². The van der Waals surface area contributed by atoms with Crippen LogP contribution in [0.2, 0.25) is 0 Å². The number of ether oxygens (including phenoxy) is 2. The first kappa shape index (κ1) is 13.9. The number of carbonyl (C=O) groups is 1. The summed E-state index contributed by atoms with van der Waals surface area (Å²) in [5.41, 5.74) is 1.95. The second kappa shape index (κ2) is 5.40. The molecule has 0 aliphatic carbocycles. The van der Waals surface area contributed by atoms with Gasteiger partial charge >= 0.3 is 5.97 Å². The largest absolute Gasteiger partial charge is 0.497 e. The fraction of sp³-hybridized carbons (Fsp3) is 0.125. The van der Waals surface area contributed by atoms with Crippen molar-refractivity contribution in [1.82, 2.24) is 9.38 Å². The van der Waals surface area contributed by atoms with E-state index in [2.05, 4.69) is 4.98 Å². The molecule has 0 radical (unpaired) electrons. The van der Waals surface area contributed by atoms with E-state index >= 15 is 0 Å². The van der Waals surface area contributed by atoms with E-state index in [9.17, 15) is 9.90 Å². The minimum atomic E-state index is -1.01. The van der Waals surface area contributed by atoms with E-state index in [4.69, 9.17) is 9.47 Å². The molecule has 0 saturated carbocycles. The lowest BCUT2D eigenvalue weighted by atomic mass is 10.1. The van der Waals surface area contributed by atoms with Gasteiger partial charge in [-0.2, -0.15) is 0 Å². The molecule has 2 heterocycles. The van der Waals surface area contributed by atoms with Crippen molar-refractivity contribution >= 4 is 11.6 Å². The van der Waals surface area contributed by atoms with E-state index in [0.717, 1.165) is 5.56 Å². The van der Waals surface area contributed by atoms with Crippen molar-refractivity contribution in [2.24, 2.45) is 0 Å². The van der Waals surface area contributed by atoms with Crippen LogP contribution in [-0.4, -0.2) is 34.7 Å². The monoisotopic (exact) mass is 298 g/mol. The predicted octanol–water partition coefficient (Wildman–Crippen LogP) is 2.72. The Bertz CT molecular complexity index is 854. The van der Waals surface area contributed by atoms with Crippen LogP contribution in [0.4, 0.5) is 0 Å². The van der Waals surface area contributed by atoms with E-state index < -0.39 is 5.97 Å². The molecule has 0 spiro atoms. The van der Waals surface area contributed by atoms with Gasteiger partial charge in [-0.15, -0.1) is 0 Å². The van der Waals surface area contributed by atoms with Crippen LogP contribution in [0, 0.1) is 0 Å². The molecule has 1 N–H and O–H groups in total. The van der Waals surface area contributed by atoms with E-state index in [-0.39, 0.29) is 5.56 Å². The standard InChI is InChI=1S/C16H14N2O4/c1-21-10-5-6-11(14(8-10)22-2)13-9-18-7-3-4-12(16(19)20)15(18)17-13/h3-9H,1-2H3,(H,19,20). The molecule has 2 aromatic heterocycles. The summed E-state index contributed by atoms with van der Waals surface area (Å²) >= 11 is 0. The highest BCUT2D eigenvalue weighted by atomic mass is 16.5. The van der Waals surface area contributed by atoms with Crippen LogP contribution in [0.15, 0.2) is 42.7 Å². The van der Waals surface area contributed by atoms with E-state index in [0.29, 0.717) is 22.8 Å². The Balaban J connectivity index is 2.19. The van der Waals surface area contributed by atoms with Crippen molar-refractivity contribution in [1.29, 1.82) is 0 Å². The van der Waals surface area contributed by atoms with E-state index in [1.807, 2.05) is 6.07 Å². The number of carboxylic acid groups (broad SMARTS) is 1. The van der Waals surface area contributed by atoms with Gasteiger partial charge in [-0.3, -0.25) is 0 Å². The first-order valence-electron chi connectivity index (χ1n) is 6.57. The molecule has 0 aliphatic heterocycles. The smallest absolute Gasteiger partial charge is 0.339 e. The van der Waals surface area contributed by atoms with Crippen LogP contribution in [0.5, 0.6) is 11.5 Å². The average Bonchev–Trinajstić information content (AvgIpc) is 2.97. The van der Waals surface area contributed by atoms with Gasteiger partial charge in [-0.05, 0) is 24.3 Å². The molecule has 1 aromatic carbocycles. The normalized spacial score (nSPS) is 10.6. The molecule has 0 aliphatic rings. The number of hydrogen-bond donors (Lipinski definition) is 1. The number of carboxylic acids is 1. The highest BCUT2D eigenvalue weighted by Crippen LogP contribution is 2.33. The topological polar surface area (TPSA) is 73.1 Å². The summed E-state index contributed by atoms with van der Waals surface area (Å²) in [5.74, 6) is 0.277. The first-order valence-corrected chi connectivity index (χ1v) is 6.57. The molecule has 0 bridgehead atoms. The Kier molecular flexibility index (Phi) is 3.42. The van der Waals surface area contributed by atoms with Gasteiger partial charge in [0, 0.05) is 24.0 Å². The average molecular weight is 298 g/mol. The molecule has 0 amide bonds. The Hall–Kier alpha value is -3.02. The lowest BCUT2D eigenvalue weighted by molar-refractivity contribution is 0.0698. The predicted molar refractivity (Wildman–Crippen MR) is 80.7 cm³/mol. The van der Waals surface area contributed by atoms with Crippen LogP contribution in [-0.2, 0) is 0 Å². The summed E-state index contributed by atoms with van der Waals surface area (Å²) in [6, 6.07) is 8.60. The highest BCUT2D eigenvalue weighted by molar-refractivity contribution is 5.94. The van der Waals surface area contributed by atoms with E-state index in [1.165, 1.54) is 6.07 Å². The number of benzene rings is 1. The summed E-state index contributed by atoms with van der Waals surface area (Å²) < 4.78 is 12.2. The molecule has 112 valence electrons. The minimum Gasteiger partial charge on any atom is -0.497 e. The lowest BCUT2D eigenvalue weighted by Crippen LogP contribution is -1.99. The molecule has 0 unspecified atom stereocenters. The Morgan fingerprint density at radius 3 is 2.73 bits per heavy atom. The molecule has 22 heavy (non-hydrogen) atoms. The number of hydrogen-bond acceptors (Lipinski definition) is 4. The summed E-state index contributed by atoms with van der Waals surface area (Å²) in [4.78, 5) is 15.7. The second-order valence-corrected chi connectivity index (χ2v) is 4.65. The first-order chi connectivity index (χ1) is 10.6. The van der Waals surface area contributed by atoms with Gasteiger partial charge in [0.1, 0.15) is 17.1 Å². The Morgan fingerprint density at radius 2 is 2.05 bits per heavy atom. The van der Waals surface area contributed by atoms with Crippen LogP contribution in [0.25, 0.3) is 16.9 Å². The van der Waals surface area contributed by atoms with Crippen molar-refractivity contribution in [2.45, 2.75) is 0 Å². The molecule has 6 nitrogen and oxygen atoms in total. The number of rotatable bonds is 4. The van der Waals surface area contributed by atoms with Crippen LogP contribution in [0.1, 0.15) is 10.4 Å². The zero-order valence-corrected chi connectivity index (χ0v) is 12.1. The summed E-state index contributed by atoms with van der Waals surface area (Å²) in [5, 5.41) is 9.24. The SMILES string of the molecule is COc1ccc(-c2cn3cccc(C(=O)O)c3n2)c(OC)c1. The zero-order chi connectivity index (χ0) is 15.7. The van der Waals surface area contributed by atoms with Crippen molar-refractivity contribution in [3.63, 3.8) is 0 Å². The third-order valence-electron chi connectivity index (χ3n) is 3.40. The summed E-state index contributed by atoms with van der Waals surface area (Å²) in [7, 11) is 3.15. The van der Waals surface area contributed by atoms with Crippen LogP contribution in [0.3, 0.4) is 0 Å². The van der Waals surface area contributed by atoms with Gasteiger partial charge in [0.15, 0.2) is 5.65 Å². The van der Waals surface area contributed by atoms with E-state index in [1.54, 1.807) is 49.2 Å². The van der Waals surface area contributed by atoms with Crippen molar-refractivity contribution < 1.29 is 19.4 Å². The second-order valence-electron chi connectivity index (χ2n) is 4.65. The maximum absolute atomic E-state index is 11.3. The van der Waals surface area contributed by atoms with Gasteiger partial charge in [0.25, 0.3) is 0 Å². The number of nitrogens with zero attached hydrogens (tertiary/aromatic N) is 2. The molecule has 6 heteroatoms. The van der Waals surface area contributed by atoms with Gasteiger partial charge in [0.2, 0.25) is 0 Å². The number of fused-ring (bicyclic) bond motifs is 1. The molecule has 0 saturated heterocycles. The third-order valence-corrected chi connectivity index (χ3v) is 3.40. The molecular weight excluding hydrogens is 284 g/mol. The van der Waals surface area contributed by atoms with Gasteiger partial charge < -0.3 is 19.0 Å². The number of imidazole rings is 1. The molecule has 3 aromatic rings. The third kappa shape index (κ3) is 2.24. The fourth-order valence-corrected chi connectivity index (χ4v) is 2.32. The summed E-state index contributed by atoms with van der Waals surface area (Å²) in [6.45, 7) is 0. The van der Waals surface area contributed by atoms with Crippen LogP contribution < -0.4 is 9.47 Å². The Morgan fingerprint density at radius 1 is 1.23 bits per heavy atom. The maximum atomic E-state index is 11.3. The minimum absolute atomic E-state index is 0.154. The Labute approximate surface area is 126 Å². The van der Waals surface area contributed by atoms with Gasteiger partial charge in [-0.1, -0.05) is 0 Å². The number of aromatic carboxylic acids is 1. The van der Waals surface area contributed by atoms with Crippen LogP contribution >= 0.6 is 0 Å². The maximum Gasteiger partial charge on any atom is 0.339 e. The molecule has 0 atom stereocenters. The number of aromatic nitrogens is 2. The molecule has 3 rings (SSSR count). The number of methoxy groups -OCH3 is 2. The molecule has 0 fully saturated rings. The quantitative estimate of drug-likeness (QED) is 0.801. The van der Waals surface area contributed by atoms with Gasteiger partial charge in [0.05, 0.1) is 19.9 Å². The van der Waals surface area contributed by atoms with Crippen molar-refractivity contribution in [3.8, 4) is 22.8 Å². The van der Waals surface area contributed by atoms with Crippen molar-refractivity contribution in [2.75, 3.05) is 14.2 Å². The highest BCUT2D eigenvalue weighted by Gasteiger charge is 2.15.